The van der Waals surface area contributed by atoms with Gasteiger partial charge in [0.2, 0.25) is 5.91 Å². The molecule has 0 aromatic heterocycles. The first-order chi connectivity index (χ1) is 17.5. The fraction of sp³-hybridized carbons (Fsp3) is 0.345. The number of methoxy groups -OCH3 is 1. The summed E-state index contributed by atoms with van der Waals surface area (Å²) in [5.41, 5.74) is 3.63. The Morgan fingerprint density at radius 1 is 0.917 bits per heavy atom. The van der Waals surface area contributed by atoms with Gasteiger partial charge in [0.25, 0.3) is 0 Å². The number of nitrogens with zero attached hydrogens (tertiary/aromatic N) is 3. The maximum absolute atomic E-state index is 14.4. The molecule has 1 fully saturated rings. The molecular weight excluding hydrogens is 460 g/mol. The molecule has 2 aliphatic rings. The first kappa shape index (κ1) is 24.3. The van der Waals surface area contributed by atoms with Gasteiger partial charge in [0, 0.05) is 50.4 Å². The molecule has 1 atom stereocenters. The molecule has 0 bridgehead atoms. The number of amides is 1. The van der Waals surface area contributed by atoms with Crippen molar-refractivity contribution in [3.63, 3.8) is 0 Å². The van der Waals surface area contributed by atoms with Gasteiger partial charge in [0.1, 0.15) is 17.4 Å². The lowest BCUT2D eigenvalue weighted by Gasteiger charge is -2.36. The molecule has 0 spiro atoms. The molecule has 0 saturated carbocycles. The van der Waals surface area contributed by atoms with E-state index in [4.69, 9.17) is 4.74 Å². The Balaban J connectivity index is 1.29. The number of benzene rings is 3. The van der Waals surface area contributed by atoms with E-state index in [-0.39, 0.29) is 23.5 Å². The van der Waals surface area contributed by atoms with Gasteiger partial charge in [0.15, 0.2) is 0 Å². The maximum atomic E-state index is 14.4. The van der Waals surface area contributed by atoms with Crippen molar-refractivity contribution < 1.29 is 18.3 Å². The van der Waals surface area contributed by atoms with Gasteiger partial charge in [-0.3, -0.25) is 9.69 Å². The highest BCUT2D eigenvalue weighted by Crippen LogP contribution is 2.39. The van der Waals surface area contributed by atoms with Gasteiger partial charge in [-0.1, -0.05) is 24.3 Å². The Hall–Kier alpha value is -3.45. The van der Waals surface area contributed by atoms with E-state index in [1.807, 2.05) is 18.2 Å². The first-order valence-corrected chi connectivity index (χ1v) is 12.5. The van der Waals surface area contributed by atoms with Gasteiger partial charge < -0.3 is 14.5 Å². The van der Waals surface area contributed by atoms with Crippen molar-refractivity contribution in [2.75, 3.05) is 56.2 Å². The van der Waals surface area contributed by atoms with Gasteiger partial charge in [-0.05, 0) is 60.4 Å². The highest BCUT2D eigenvalue weighted by Gasteiger charge is 2.29. The zero-order valence-electron chi connectivity index (χ0n) is 20.5. The second kappa shape index (κ2) is 10.7. The highest BCUT2D eigenvalue weighted by atomic mass is 19.1. The number of halogens is 2. The Morgan fingerprint density at radius 2 is 1.67 bits per heavy atom. The van der Waals surface area contributed by atoms with Crippen LogP contribution in [0.4, 0.5) is 20.2 Å². The van der Waals surface area contributed by atoms with Gasteiger partial charge in [-0.15, -0.1) is 0 Å². The summed E-state index contributed by atoms with van der Waals surface area (Å²) < 4.78 is 33.2. The molecule has 0 N–H and O–H groups in total. The summed E-state index contributed by atoms with van der Waals surface area (Å²) in [7, 11) is 1.66. The van der Waals surface area contributed by atoms with Crippen molar-refractivity contribution in [3.8, 4) is 5.75 Å². The van der Waals surface area contributed by atoms with Crippen molar-refractivity contribution >= 4 is 17.3 Å². The summed E-state index contributed by atoms with van der Waals surface area (Å²) in [5.74, 6) is 0.158. The van der Waals surface area contributed by atoms with E-state index in [2.05, 4.69) is 15.9 Å². The zero-order chi connectivity index (χ0) is 25.1. The number of piperazine rings is 1. The van der Waals surface area contributed by atoms with E-state index in [0.717, 1.165) is 61.6 Å². The lowest BCUT2D eigenvalue weighted by Crippen LogP contribution is -2.50. The van der Waals surface area contributed by atoms with Gasteiger partial charge >= 0.3 is 0 Å². The lowest BCUT2D eigenvalue weighted by molar-refractivity contribution is -0.119. The van der Waals surface area contributed by atoms with Crippen molar-refractivity contribution in [2.24, 2.45) is 0 Å². The van der Waals surface area contributed by atoms with Crippen LogP contribution in [0.25, 0.3) is 0 Å². The van der Waals surface area contributed by atoms with E-state index in [1.54, 1.807) is 30.2 Å². The second-order valence-corrected chi connectivity index (χ2v) is 9.46. The lowest BCUT2D eigenvalue weighted by atomic mass is 9.87. The summed E-state index contributed by atoms with van der Waals surface area (Å²) >= 11 is 0. The third kappa shape index (κ3) is 5.21. The number of carbonyl (C=O) groups is 1. The van der Waals surface area contributed by atoms with Crippen molar-refractivity contribution in [1.29, 1.82) is 0 Å². The fourth-order valence-corrected chi connectivity index (χ4v) is 5.32. The SMILES string of the molecule is COc1cccc(N2CCN(CC(=O)N3CCCC(c4ccc(F)cc4)c4ccc(F)cc43)CC2)c1. The number of hydrogen-bond donors (Lipinski definition) is 0. The van der Waals surface area contributed by atoms with E-state index in [9.17, 15) is 13.6 Å². The second-order valence-electron chi connectivity index (χ2n) is 9.46. The van der Waals surface area contributed by atoms with Crippen LogP contribution in [0, 0.1) is 11.6 Å². The van der Waals surface area contributed by atoms with Gasteiger partial charge in [0.05, 0.1) is 19.3 Å². The maximum Gasteiger partial charge on any atom is 0.241 e. The van der Waals surface area contributed by atoms with Crippen molar-refractivity contribution in [1.82, 2.24) is 4.90 Å². The van der Waals surface area contributed by atoms with Crippen LogP contribution >= 0.6 is 0 Å². The number of carbonyl (C=O) groups excluding carboxylic acids is 1. The molecule has 3 aromatic carbocycles. The van der Waals surface area contributed by atoms with Crippen LogP contribution < -0.4 is 14.5 Å². The molecule has 36 heavy (non-hydrogen) atoms. The third-order valence-electron chi connectivity index (χ3n) is 7.26. The summed E-state index contributed by atoms with van der Waals surface area (Å²) in [6.07, 6.45) is 1.60. The molecule has 5 rings (SSSR count). The largest absolute Gasteiger partial charge is 0.497 e. The van der Waals surface area contributed by atoms with E-state index in [0.29, 0.717) is 18.8 Å². The molecule has 7 heteroatoms. The molecular formula is C29H31F2N3O2. The normalized spacial score (nSPS) is 18.5. The van der Waals surface area contributed by atoms with Gasteiger partial charge in [-0.2, -0.15) is 0 Å². The summed E-state index contributed by atoms with van der Waals surface area (Å²) in [6, 6.07) is 19.2. The van der Waals surface area contributed by atoms with Crippen LogP contribution in [0.15, 0.2) is 66.7 Å². The van der Waals surface area contributed by atoms with Gasteiger partial charge in [-0.25, -0.2) is 8.78 Å². The average Bonchev–Trinajstić information content (AvgIpc) is 3.09. The molecule has 2 heterocycles. The predicted octanol–water partition coefficient (Wildman–Crippen LogP) is 5.05. The van der Waals surface area contributed by atoms with Crippen LogP contribution in [0.3, 0.4) is 0 Å². The van der Waals surface area contributed by atoms with Crippen molar-refractivity contribution in [3.05, 3.63) is 89.5 Å². The molecule has 3 aromatic rings. The number of anilines is 2. The van der Waals surface area contributed by atoms with E-state index < -0.39 is 0 Å². The van der Waals surface area contributed by atoms with E-state index >= 15 is 0 Å². The molecule has 1 unspecified atom stereocenters. The number of hydrogen-bond acceptors (Lipinski definition) is 4. The minimum atomic E-state index is -0.363. The smallest absolute Gasteiger partial charge is 0.241 e. The van der Waals surface area contributed by atoms with Crippen LogP contribution in [-0.4, -0.2) is 57.2 Å². The number of rotatable bonds is 5. The molecule has 2 aliphatic heterocycles. The standard InChI is InChI=1S/C29H31F2N3O2/c1-36-25-5-2-4-24(19-25)33-16-14-32(15-17-33)20-29(35)34-13-3-6-26(21-7-9-22(30)10-8-21)27-12-11-23(31)18-28(27)34/h2,4-5,7-12,18-19,26H,3,6,13-17,20H2,1H3. The van der Waals surface area contributed by atoms with Crippen LogP contribution in [0.5, 0.6) is 5.75 Å². The van der Waals surface area contributed by atoms with Crippen LogP contribution in [0.2, 0.25) is 0 Å². The topological polar surface area (TPSA) is 36.0 Å². The summed E-state index contributed by atoms with van der Waals surface area (Å²) in [5, 5.41) is 0. The monoisotopic (exact) mass is 491 g/mol. The molecule has 1 saturated heterocycles. The number of fused-ring (bicyclic) bond motifs is 1. The Kier molecular flexibility index (Phi) is 7.18. The Bertz CT molecular complexity index is 1210. The molecule has 1 amide bonds. The number of ether oxygens (including phenoxy) is 1. The molecule has 0 radical (unpaired) electrons. The third-order valence-corrected chi connectivity index (χ3v) is 7.26. The zero-order valence-corrected chi connectivity index (χ0v) is 20.5. The molecule has 0 aliphatic carbocycles. The van der Waals surface area contributed by atoms with E-state index in [1.165, 1.54) is 24.3 Å². The highest BCUT2D eigenvalue weighted by molar-refractivity contribution is 5.96. The van der Waals surface area contributed by atoms with Crippen LogP contribution in [-0.2, 0) is 4.79 Å². The average molecular weight is 492 g/mol. The molecule has 188 valence electrons. The predicted molar refractivity (Wildman–Crippen MR) is 138 cm³/mol. The fourth-order valence-electron chi connectivity index (χ4n) is 5.32. The van der Waals surface area contributed by atoms with Crippen molar-refractivity contribution in [2.45, 2.75) is 18.8 Å². The minimum absolute atomic E-state index is 0.00888. The molecule has 5 nitrogen and oxygen atoms in total. The first-order valence-electron chi connectivity index (χ1n) is 12.5. The minimum Gasteiger partial charge on any atom is -0.497 e. The summed E-state index contributed by atoms with van der Waals surface area (Å²) in [4.78, 5) is 19.7. The Labute approximate surface area is 210 Å². The summed E-state index contributed by atoms with van der Waals surface area (Å²) in [6.45, 7) is 4.01. The Morgan fingerprint density at radius 3 is 2.42 bits per heavy atom. The van der Waals surface area contributed by atoms with Crippen LogP contribution in [0.1, 0.15) is 29.9 Å². The quantitative estimate of drug-likeness (QED) is 0.500.